The molecule has 0 aliphatic carbocycles. The molecule has 0 radical (unpaired) electrons. The lowest BCUT2D eigenvalue weighted by Crippen LogP contribution is -2.16. The summed E-state index contributed by atoms with van der Waals surface area (Å²) in [6, 6.07) is 16.0. The molecule has 0 spiro atoms. The number of amides is 1. The van der Waals surface area contributed by atoms with Gasteiger partial charge in [0.15, 0.2) is 0 Å². The fourth-order valence-electron chi connectivity index (χ4n) is 2.54. The van der Waals surface area contributed by atoms with Gasteiger partial charge < -0.3 is 5.32 Å². The van der Waals surface area contributed by atoms with Crippen LogP contribution in [0.25, 0.3) is 0 Å². The van der Waals surface area contributed by atoms with Crippen molar-refractivity contribution in [3.05, 3.63) is 77.6 Å². The van der Waals surface area contributed by atoms with Crippen LogP contribution in [-0.4, -0.2) is 21.4 Å². The second kappa shape index (κ2) is 8.03. The number of aromatic nitrogens is 2. The number of anilines is 1. The van der Waals surface area contributed by atoms with E-state index in [0.29, 0.717) is 12.3 Å². The third-order valence-electron chi connectivity index (χ3n) is 3.89. The molecular formula is C20H21N3OS. The van der Waals surface area contributed by atoms with E-state index < -0.39 is 0 Å². The average Bonchev–Trinajstić information content (AvgIpc) is 3.10. The Hall–Kier alpha value is -2.53. The number of hydrogen-bond acceptors (Lipinski definition) is 3. The first-order chi connectivity index (χ1) is 12.1. The van der Waals surface area contributed by atoms with Gasteiger partial charge in [-0.1, -0.05) is 35.9 Å². The van der Waals surface area contributed by atoms with Crippen LogP contribution in [0, 0.1) is 13.8 Å². The number of nitrogens with zero attached hydrogens (tertiary/aromatic N) is 2. The standard InChI is InChI=1S/C20H21N3OS/c1-15-8-9-16(2)19(12-15)25-14-20(24)22-18-7-4-3-6-17(18)13-23-11-5-10-21-23/h3-12H,13-14H2,1-2H3,(H,22,24). The van der Waals surface area contributed by atoms with E-state index in [1.807, 2.05) is 41.2 Å². The summed E-state index contributed by atoms with van der Waals surface area (Å²) in [6.45, 7) is 4.77. The quantitative estimate of drug-likeness (QED) is 0.674. The number of hydrogen-bond donors (Lipinski definition) is 1. The summed E-state index contributed by atoms with van der Waals surface area (Å²) in [5.41, 5.74) is 4.28. The first-order valence-electron chi connectivity index (χ1n) is 8.17. The Morgan fingerprint density at radius 1 is 1.16 bits per heavy atom. The van der Waals surface area contributed by atoms with Crippen LogP contribution in [0.1, 0.15) is 16.7 Å². The highest BCUT2D eigenvalue weighted by atomic mass is 32.2. The molecule has 25 heavy (non-hydrogen) atoms. The lowest BCUT2D eigenvalue weighted by Gasteiger charge is -2.12. The Kier molecular flexibility index (Phi) is 5.56. The Balaban J connectivity index is 1.64. The number of nitrogens with one attached hydrogen (secondary N) is 1. The van der Waals surface area contributed by atoms with Crippen molar-refractivity contribution < 1.29 is 4.79 Å². The Morgan fingerprint density at radius 2 is 2.00 bits per heavy atom. The van der Waals surface area contributed by atoms with Crippen LogP contribution < -0.4 is 5.32 Å². The molecule has 0 aliphatic heterocycles. The van der Waals surface area contributed by atoms with Crippen LogP contribution in [0.15, 0.2) is 65.8 Å². The fraction of sp³-hybridized carbons (Fsp3) is 0.200. The maximum atomic E-state index is 12.4. The molecule has 0 saturated carbocycles. The highest BCUT2D eigenvalue weighted by molar-refractivity contribution is 8.00. The van der Waals surface area contributed by atoms with Crippen molar-refractivity contribution in [1.82, 2.24) is 9.78 Å². The lowest BCUT2D eigenvalue weighted by molar-refractivity contribution is -0.113. The second-order valence-corrected chi connectivity index (χ2v) is 6.98. The summed E-state index contributed by atoms with van der Waals surface area (Å²) in [5, 5.41) is 7.25. The lowest BCUT2D eigenvalue weighted by atomic mass is 10.2. The van der Waals surface area contributed by atoms with E-state index in [2.05, 4.69) is 42.5 Å². The zero-order valence-electron chi connectivity index (χ0n) is 14.4. The molecule has 1 heterocycles. The minimum Gasteiger partial charge on any atom is -0.325 e. The van der Waals surface area contributed by atoms with Gasteiger partial charge in [-0.2, -0.15) is 5.10 Å². The van der Waals surface area contributed by atoms with E-state index in [4.69, 9.17) is 0 Å². The van der Waals surface area contributed by atoms with Crippen molar-refractivity contribution in [2.24, 2.45) is 0 Å². The van der Waals surface area contributed by atoms with Crippen molar-refractivity contribution in [2.75, 3.05) is 11.1 Å². The van der Waals surface area contributed by atoms with Crippen molar-refractivity contribution in [3.63, 3.8) is 0 Å². The molecule has 1 aromatic heterocycles. The van der Waals surface area contributed by atoms with Gasteiger partial charge in [0.25, 0.3) is 0 Å². The van der Waals surface area contributed by atoms with Crippen LogP contribution in [0.4, 0.5) is 5.69 Å². The molecule has 0 fully saturated rings. The predicted molar refractivity (Wildman–Crippen MR) is 103 cm³/mol. The SMILES string of the molecule is Cc1ccc(C)c(SCC(=O)Nc2ccccc2Cn2cccn2)c1. The summed E-state index contributed by atoms with van der Waals surface area (Å²) in [7, 11) is 0. The van der Waals surface area contributed by atoms with Gasteiger partial charge in [0.05, 0.1) is 12.3 Å². The minimum absolute atomic E-state index is 0.00109. The topological polar surface area (TPSA) is 46.9 Å². The van der Waals surface area contributed by atoms with E-state index in [-0.39, 0.29) is 5.91 Å². The molecule has 0 unspecified atom stereocenters. The van der Waals surface area contributed by atoms with Gasteiger partial charge in [-0.05, 0) is 43.2 Å². The zero-order valence-corrected chi connectivity index (χ0v) is 15.2. The molecule has 3 aromatic rings. The molecule has 2 aromatic carbocycles. The molecule has 0 bridgehead atoms. The second-order valence-electron chi connectivity index (χ2n) is 5.97. The Morgan fingerprint density at radius 3 is 2.80 bits per heavy atom. The van der Waals surface area contributed by atoms with Gasteiger partial charge in [0.2, 0.25) is 5.91 Å². The highest BCUT2D eigenvalue weighted by Gasteiger charge is 2.09. The predicted octanol–water partition coefficient (Wildman–Crippen LogP) is 4.28. The molecular weight excluding hydrogens is 330 g/mol. The first kappa shape index (κ1) is 17.3. The van der Waals surface area contributed by atoms with Crippen LogP contribution >= 0.6 is 11.8 Å². The van der Waals surface area contributed by atoms with Crippen molar-refractivity contribution in [2.45, 2.75) is 25.3 Å². The van der Waals surface area contributed by atoms with E-state index in [0.717, 1.165) is 16.1 Å². The molecule has 4 nitrogen and oxygen atoms in total. The van der Waals surface area contributed by atoms with Crippen LogP contribution in [0.3, 0.4) is 0 Å². The Labute approximate surface area is 152 Å². The normalized spacial score (nSPS) is 10.6. The third kappa shape index (κ3) is 4.73. The molecule has 1 amide bonds. The van der Waals surface area contributed by atoms with E-state index in [1.54, 1.807) is 18.0 Å². The number of carbonyl (C=O) groups excluding carboxylic acids is 1. The number of thioether (sulfide) groups is 1. The molecule has 3 rings (SSSR count). The maximum Gasteiger partial charge on any atom is 0.234 e. The van der Waals surface area contributed by atoms with E-state index >= 15 is 0 Å². The van der Waals surface area contributed by atoms with Gasteiger partial charge in [-0.25, -0.2) is 0 Å². The number of para-hydroxylation sites is 1. The summed E-state index contributed by atoms with van der Waals surface area (Å²) in [6.07, 6.45) is 3.66. The minimum atomic E-state index is -0.00109. The largest absolute Gasteiger partial charge is 0.325 e. The number of carbonyl (C=O) groups is 1. The molecule has 5 heteroatoms. The molecule has 0 aliphatic rings. The van der Waals surface area contributed by atoms with Crippen molar-refractivity contribution >= 4 is 23.4 Å². The maximum absolute atomic E-state index is 12.4. The van der Waals surface area contributed by atoms with E-state index in [1.165, 1.54) is 11.1 Å². The summed E-state index contributed by atoms with van der Waals surface area (Å²) in [5.74, 6) is 0.388. The zero-order chi connectivity index (χ0) is 17.6. The average molecular weight is 351 g/mol. The van der Waals surface area contributed by atoms with Gasteiger partial charge in [-0.15, -0.1) is 11.8 Å². The van der Waals surface area contributed by atoms with E-state index in [9.17, 15) is 4.79 Å². The van der Waals surface area contributed by atoms with Crippen LogP contribution in [0.5, 0.6) is 0 Å². The summed E-state index contributed by atoms with van der Waals surface area (Å²) < 4.78 is 1.84. The number of aryl methyl sites for hydroxylation is 2. The molecule has 128 valence electrons. The fourth-order valence-corrected chi connectivity index (χ4v) is 3.46. The van der Waals surface area contributed by atoms with Gasteiger partial charge in [0, 0.05) is 23.0 Å². The van der Waals surface area contributed by atoms with Gasteiger partial charge in [0.1, 0.15) is 0 Å². The van der Waals surface area contributed by atoms with Crippen LogP contribution in [-0.2, 0) is 11.3 Å². The monoisotopic (exact) mass is 351 g/mol. The first-order valence-corrected chi connectivity index (χ1v) is 9.15. The highest BCUT2D eigenvalue weighted by Crippen LogP contribution is 2.24. The molecule has 1 N–H and O–H groups in total. The van der Waals surface area contributed by atoms with Crippen molar-refractivity contribution in [3.8, 4) is 0 Å². The number of benzene rings is 2. The van der Waals surface area contributed by atoms with Crippen molar-refractivity contribution in [1.29, 1.82) is 0 Å². The number of rotatable bonds is 6. The van der Waals surface area contributed by atoms with Crippen LogP contribution in [0.2, 0.25) is 0 Å². The Bertz CT molecular complexity index is 859. The van der Waals surface area contributed by atoms with Gasteiger partial charge in [-0.3, -0.25) is 9.48 Å². The molecule has 0 atom stereocenters. The molecule has 0 saturated heterocycles. The summed E-state index contributed by atoms with van der Waals surface area (Å²) in [4.78, 5) is 13.5. The van der Waals surface area contributed by atoms with Gasteiger partial charge >= 0.3 is 0 Å². The smallest absolute Gasteiger partial charge is 0.234 e. The summed E-state index contributed by atoms with van der Waals surface area (Å²) >= 11 is 1.57. The third-order valence-corrected chi connectivity index (χ3v) is 5.04.